The van der Waals surface area contributed by atoms with E-state index in [1.54, 1.807) is 0 Å². The van der Waals surface area contributed by atoms with Gasteiger partial charge in [0.2, 0.25) is 10.0 Å². The van der Waals surface area contributed by atoms with Crippen LogP contribution < -0.4 is 5.32 Å². The molecule has 3 aromatic rings. The molecule has 2 aromatic carbocycles. The predicted molar refractivity (Wildman–Crippen MR) is 161 cm³/mol. The van der Waals surface area contributed by atoms with E-state index >= 15 is 0 Å². The molecule has 7 nitrogen and oxygen atoms in total. The second-order valence-corrected chi connectivity index (χ2v) is 14.7. The summed E-state index contributed by atoms with van der Waals surface area (Å²) in [6, 6.07) is 14.0. The summed E-state index contributed by atoms with van der Waals surface area (Å²) in [5.74, 6) is -0.728. The summed E-state index contributed by atoms with van der Waals surface area (Å²) in [5, 5.41) is 22.9. The number of aliphatic carboxylic acids is 1. The number of thiophene rings is 1. The maximum Gasteiger partial charge on any atom is 0.416 e. The lowest BCUT2D eigenvalue weighted by Gasteiger charge is -2.31. The fourth-order valence-corrected chi connectivity index (χ4v) is 7.60. The summed E-state index contributed by atoms with van der Waals surface area (Å²) in [6.45, 7) is 3.83. The first kappa shape index (κ1) is 32.9. The summed E-state index contributed by atoms with van der Waals surface area (Å²) < 4.78 is 69.0. The van der Waals surface area contributed by atoms with Gasteiger partial charge in [-0.3, -0.25) is 0 Å². The van der Waals surface area contributed by atoms with Gasteiger partial charge in [-0.15, -0.1) is 11.3 Å². The number of β-amino-alcohol motifs (C(OH)–C–C–N with tert-alkyl or cyclic N) is 1. The molecule has 0 unspecified atom stereocenters. The molecule has 0 radical (unpaired) electrons. The highest BCUT2D eigenvalue weighted by Crippen LogP contribution is 2.37. The van der Waals surface area contributed by atoms with Crippen LogP contribution in [0.3, 0.4) is 0 Å². The number of rotatable bonds is 12. The molecule has 0 amide bonds. The molecule has 0 saturated carbocycles. The molecule has 0 fully saturated rings. The Bertz CT molecular complexity index is 1570. The third-order valence-corrected chi connectivity index (χ3v) is 10.4. The number of likely N-dealkylation sites (N-methyl/N-ethyl adjacent to an activating group) is 1. The van der Waals surface area contributed by atoms with Gasteiger partial charge in [0, 0.05) is 41.5 Å². The number of fused-ring (bicyclic) bond motifs is 1. The first-order chi connectivity index (χ1) is 20.0. The van der Waals surface area contributed by atoms with Gasteiger partial charge in [0.25, 0.3) is 0 Å². The third-order valence-electron chi connectivity index (χ3n) is 7.46. The van der Waals surface area contributed by atoms with Crippen molar-refractivity contribution in [3.63, 3.8) is 0 Å². The molecule has 232 valence electrons. The van der Waals surface area contributed by atoms with Gasteiger partial charge in [0.15, 0.2) is 0 Å². The monoisotopic (exact) mass is 636 g/mol. The molecule has 1 aliphatic carbocycles. The number of nitrogens with zero attached hydrogens (tertiary/aromatic N) is 1. The Morgan fingerprint density at radius 3 is 2.37 bits per heavy atom. The van der Waals surface area contributed by atoms with Crippen molar-refractivity contribution in [1.82, 2.24) is 9.62 Å². The molecular weight excluding hydrogens is 601 g/mol. The van der Waals surface area contributed by atoms with E-state index < -0.39 is 38.7 Å². The van der Waals surface area contributed by atoms with Crippen LogP contribution in [0.15, 0.2) is 65.6 Å². The van der Waals surface area contributed by atoms with Crippen molar-refractivity contribution in [3.05, 3.63) is 82.2 Å². The molecule has 1 heterocycles. The van der Waals surface area contributed by atoms with Crippen molar-refractivity contribution in [2.75, 3.05) is 20.1 Å². The molecule has 0 saturated heterocycles. The Morgan fingerprint density at radius 1 is 1.12 bits per heavy atom. The number of nitrogens with one attached hydrogen (secondary N) is 1. The number of aliphatic hydroxyl groups is 1. The van der Waals surface area contributed by atoms with Crippen LogP contribution in [-0.4, -0.2) is 60.7 Å². The lowest BCUT2D eigenvalue weighted by molar-refractivity contribution is -0.137. The second kappa shape index (κ2) is 12.9. The van der Waals surface area contributed by atoms with Crippen molar-refractivity contribution in [2.24, 2.45) is 5.92 Å². The average molecular weight is 637 g/mol. The van der Waals surface area contributed by atoms with Gasteiger partial charge < -0.3 is 15.5 Å². The van der Waals surface area contributed by atoms with Crippen LogP contribution in [0.1, 0.15) is 41.8 Å². The van der Waals surface area contributed by atoms with E-state index in [9.17, 15) is 31.5 Å². The quantitative estimate of drug-likeness (QED) is 0.221. The minimum Gasteiger partial charge on any atom is -0.478 e. The maximum atomic E-state index is 13.8. The number of aliphatic hydroxyl groups excluding tert-OH is 1. The minimum absolute atomic E-state index is 0.0276. The SMILES string of the molecule is CN(C[C@H](O)CNC(C)(C)CC1Cc2ccccc2C1)S(=O)(=O)c1cc(-c2ccc(C=CC(=O)O)s2)cc(C(F)(F)F)c1. The average Bonchev–Trinajstić information content (AvgIpc) is 3.56. The van der Waals surface area contributed by atoms with Crippen LogP contribution >= 0.6 is 11.3 Å². The molecule has 0 aliphatic heterocycles. The normalized spacial score (nSPS) is 15.3. The Kier molecular flexibility index (Phi) is 9.87. The second-order valence-electron chi connectivity index (χ2n) is 11.6. The van der Waals surface area contributed by atoms with Gasteiger partial charge in [0.05, 0.1) is 16.6 Å². The number of alkyl halides is 3. The first-order valence-electron chi connectivity index (χ1n) is 13.7. The minimum atomic E-state index is -4.81. The topological polar surface area (TPSA) is 107 Å². The summed E-state index contributed by atoms with van der Waals surface area (Å²) in [7, 11) is -3.18. The summed E-state index contributed by atoms with van der Waals surface area (Å²) in [6.07, 6.45) is -0.887. The van der Waals surface area contributed by atoms with E-state index in [2.05, 4.69) is 17.4 Å². The summed E-state index contributed by atoms with van der Waals surface area (Å²) >= 11 is 1.03. The lowest BCUT2D eigenvalue weighted by atomic mass is 9.88. The molecule has 1 aromatic heterocycles. The molecule has 43 heavy (non-hydrogen) atoms. The fraction of sp³-hybridized carbons (Fsp3) is 0.387. The molecule has 0 bridgehead atoms. The number of carboxylic acids is 1. The van der Waals surface area contributed by atoms with Crippen LogP contribution in [-0.2, 0) is 33.8 Å². The molecule has 0 spiro atoms. The molecule has 3 N–H and O–H groups in total. The van der Waals surface area contributed by atoms with Gasteiger partial charge >= 0.3 is 12.1 Å². The standard InChI is InChI=1S/C31H35F3N2O5S2/c1-30(2,17-20-12-21-6-4-5-7-22(21)13-20)35-18-25(37)19-36(3)43(40,41)27-15-23(14-24(16-27)31(32,33)34)28-10-8-26(42-28)9-11-29(38)39/h4-11,14-16,20,25,35,37H,12-13,17-19H2,1-3H3,(H,38,39)/t25-/m1/s1. The number of carboxylic acid groups (broad SMARTS) is 1. The van der Waals surface area contributed by atoms with Crippen molar-refractivity contribution in [3.8, 4) is 10.4 Å². The fourth-order valence-electron chi connectivity index (χ4n) is 5.43. The van der Waals surface area contributed by atoms with Crippen molar-refractivity contribution in [1.29, 1.82) is 0 Å². The highest BCUT2D eigenvalue weighted by atomic mass is 32.2. The van der Waals surface area contributed by atoms with Gasteiger partial charge in [0.1, 0.15) is 0 Å². The van der Waals surface area contributed by atoms with Crippen LogP contribution in [0.25, 0.3) is 16.5 Å². The first-order valence-corrected chi connectivity index (χ1v) is 16.0. The van der Waals surface area contributed by atoms with Crippen LogP contribution in [0.2, 0.25) is 0 Å². The van der Waals surface area contributed by atoms with Crippen LogP contribution in [0.5, 0.6) is 0 Å². The molecule has 4 rings (SSSR count). The summed E-state index contributed by atoms with van der Waals surface area (Å²) in [5.41, 5.74) is 1.26. The van der Waals surface area contributed by atoms with Gasteiger partial charge in [-0.2, -0.15) is 17.5 Å². The summed E-state index contributed by atoms with van der Waals surface area (Å²) in [4.78, 5) is 11.1. The number of carbonyl (C=O) groups is 1. The van der Waals surface area contributed by atoms with E-state index in [1.165, 1.54) is 36.4 Å². The van der Waals surface area contributed by atoms with Crippen LogP contribution in [0.4, 0.5) is 13.2 Å². The Labute approximate surface area is 253 Å². The highest BCUT2D eigenvalue weighted by molar-refractivity contribution is 7.89. The zero-order valence-corrected chi connectivity index (χ0v) is 25.7. The van der Waals surface area contributed by atoms with Crippen LogP contribution in [0, 0.1) is 5.92 Å². The maximum absolute atomic E-state index is 13.8. The number of sulfonamides is 1. The molecule has 1 atom stereocenters. The largest absolute Gasteiger partial charge is 0.478 e. The van der Waals surface area contributed by atoms with Crippen molar-refractivity contribution in [2.45, 2.75) is 55.8 Å². The zero-order chi connectivity index (χ0) is 31.6. The van der Waals surface area contributed by atoms with Gasteiger partial charge in [-0.25, -0.2) is 13.2 Å². The van der Waals surface area contributed by atoms with Crippen molar-refractivity contribution < 1.29 is 36.6 Å². The number of hydrogen-bond acceptors (Lipinski definition) is 6. The van der Waals surface area contributed by atoms with Gasteiger partial charge in [-0.1, -0.05) is 24.3 Å². The predicted octanol–water partition coefficient (Wildman–Crippen LogP) is 5.69. The lowest BCUT2D eigenvalue weighted by Crippen LogP contribution is -2.47. The van der Waals surface area contributed by atoms with E-state index in [0.717, 1.165) is 53.1 Å². The van der Waals surface area contributed by atoms with Gasteiger partial charge in [-0.05, 0) is 92.1 Å². The van der Waals surface area contributed by atoms with Crippen molar-refractivity contribution >= 4 is 33.4 Å². The van der Waals surface area contributed by atoms with E-state index in [-0.39, 0.29) is 24.2 Å². The third kappa shape index (κ3) is 8.54. The number of halogens is 3. The highest BCUT2D eigenvalue weighted by Gasteiger charge is 2.34. The number of hydrogen-bond donors (Lipinski definition) is 3. The Balaban J connectivity index is 1.44. The van der Waals surface area contributed by atoms with E-state index in [4.69, 9.17) is 5.11 Å². The number of benzene rings is 2. The molecule has 1 aliphatic rings. The Morgan fingerprint density at radius 2 is 1.77 bits per heavy atom. The molecule has 12 heteroatoms. The zero-order valence-electron chi connectivity index (χ0n) is 24.1. The van der Waals surface area contributed by atoms with E-state index in [0.29, 0.717) is 21.7 Å². The van der Waals surface area contributed by atoms with E-state index in [1.807, 2.05) is 26.0 Å². The molecular formula is C31H35F3N2O5S2. The Hall–Kier alpha value is -3.03. The smallest absolute Gasteiger partial charge is 0.416 e.